The van der Waals surface area contributed by atoms with E-state index in [1.807, 2.05) is 0 Å². The maximum atomic E-state index is 13.1. The van der Waals surface area contributed by atoms with Gasteiger partial charge in [-0.1, -0.05) is 12.1 Å². The Morgan fingerprint density at radius 1 is 1.15 bits per heavy atom. The van der Waals surface area contributed by atoms with Crippen molar-refractivity contribution < 1.29 is 27.9 Å². The number of aromatic nitrogens is 2. The van der Waals surface area contributed by atoms with E-state index in [1.165, 1.54) is 29.3 Å². The number of carboxylic acid groups (broad SMARTS) is 1. The Bertz CT molecular complexity index is 868. The van der Waals surface area contributed by atoms with Crippen molar-refractivity contribution in [2.24, 2.45) is 0 Å². The van der Waals surface area contributed by atoms with Gasteiger partial charge in [-0.15, -0.1) is 0 Å². The van der Waals surface area contributed by atoms with E-state index in [0.717, 1.165) is 6.07 Å². The molecule has 0 radical (unpaired) electrons. The molecule has 1 N–H and O–H groups in total. The minimum absolute atomic E-state index is 0.0972. The van der Waals surface area contributed by atoms with Crippen molar-refractivity contribution in [3.05, 3.63) is 52.8 Å². The Labute approximate surface area is 153 Å². The third kappa shape index (κ3) is 3.67. The molecule has 1 amide bonds. The molecular weight excluding hydrogens is 363 g/mol. The van der Waals surface area contributed by atoms with Gasteiger partial charge in [0.15, 0.2) is 0 Å². The van der Waals surface area contributed by atoms with Crippen LogP contribution in [0.25, 0.3) is 0 Å². The Balaban J connectivity index is 1.73. The molecule has 0 bridgehead atoms. The fourth-order valence-electron chi connectivity index (χ4n) is 3.40. The number of rotatable bonds is 3. The van der Waals surface area contributed by atoms with Crippen LogP contribution in [0, 0.1) is 6.92 Å². The molecule has 0 aliphatic carbocycles. The SMILES string of the molecule is Cc1c(C(=O)O)cnn1C1CCN(C(=O)c2ccccc2C(F)(F)F)CC1. The lowest BCUT2D eigenvalue weighted by molar-refractivity contribution is -0.138. The molecule has 0 atom stereocenters. The highest BCUT2D eigenvalue weighted by atomic mass is 19.4. The van der Waals surface area contributed by atoms with Crippen molar-refractivity contribution in [1.82, 2.24) is 14.7 Å². The molecule has 0 unspecified atom stereocenters. The van der Waals surface area contributed by atoms with Crippen LogP contribution in [-0.2, 0) is 6.18 Å². The monoisotopic (exact) mass is 381 g/mol. The molecule has 144 valence electrons. The molecule has 1 aromatic heterocycles. The highest BCUT2D eigenvalue weighted by Gasteiger charge is 2.36. The highest BCUT2D eigenvalue weighted by Crippen LogP contribution is 2.33. The van der Waals surface area contributed by atoms with Gasteiger partial charge in [0.25, 0.3) is 5.91 Å². The average Bonchev–Trinajstić information content (AvgIpc) is 3.02. The van der Waals surface area contributed by atoms with Crippen LogP contribution < -0.4 is 0 Å². The topological polar surface area (TPSA) is 75.4 Å². The molecule has 27 heavy (non-hydrogen) atoms. The Morgan fingerprint density at radius 2 is 1.78 bits per heavy atom. The van der Waals surface area contributed by atoms with Crippen LogP contribution in [0.5, 0.6) is 0 Å². The summed E-state index contributed by atoms with van der Waals surface area (Å²) >= 11 is 0. The maximum absolute atomic E-state index is 13.1. The highest BCUT2D eigenvalue weighted by molar-refractivity contribution is 5.96. The van der Waals surface area contributed by atoms with E-state index < -0.39 is 23.6 Å². The largest absolute Gasteiger partial charge is 0.478 e. The van der Waals surface area contributed by atoms with Gasteiger partial charge in [-0.2, -0.15) is 18.3 Å². The van der Waals surface area contributed by atoms with E-state index in [4.69, 9.17) is 5.11 Å². The quantitative estimate of drug-likeness (QED) is 0.884. The van der Waals surface area contributed by atoms with Gasteiger partial charge in [-0.3, -0.25) is 9.48 Å². The van der Waals surface area contributed by atoms with Gasteiger partial charge in [0.1, 0.15) is 5.56 Å². The van der Waals surface area contributed by atoms with E-state index in [2.05, 4.69) is 5.10 Å². The number of hydrogen-bond acceptors (Lipinski definition) is 3. The van der Waals surface area contributed by atoms with E-state index >= 15 is 0 Å². The number of benzene rings is 1. The Kier molecular flexibility index (Phi) is 4.95. The molecule has 0 saturated carbocycles. The molecule has 2 aromatic rings. The van der Waals surface area contributed by atoms with Crippen LogP contribution in [0.3, 0.4) is 0 Å². The number of carbonyl (C=O) groups is 2. The predicted octanol–water partition coefficient (Wildman–Crippen LogP) is 3.39. The lowest BCUT2D eigenvalue weighted by Gasteiger charge is -2.33. The van der Waals surface area contributed by atoms with Crippen LogP contribution in [0.15, 0.2) is 30.5 Å². The van der Waals surface area contributed by atoms with Gasteiger partial charge in [0.2, 0.25) is 0 Å². The summed E-state index contributed by atoms with van der Waals surface area (Å²) in [6, 6.07) is 4.66. The second-order valence-corrected chi connectivity index (χ2v) is 6.46. The summed E-state index contributed by atoms with van der Waals surface area (Å²) in [5.74, 6) is -1.71. The fraction of sp³-hybridized carbons (Fsp3) is 0.389. The normalized spacial score (nSPS) is 15.8. The molecule has 6 nitrogen and oxygen atoms in total. The van der Waals surface area contributed by atoms with Crippen LogP contribution in [-0.4, -0.2) is 44.8 Å². The van der Waals surface area contributed by atoms with Crippen LogP contribution in [0.4, 0.5) is 13.2 Å². The summed E-state index contributed by atoms with van der Waals surface area (Å²) in [6.45, 7) is 2.21. The van der Waals surface area contributed by atoms with Crippen molar-refractivity contribution in [3.8, 4) is 0 Å². The first kappa shape index (κ1) is 18.9. The number of carbonyl (C=O) groups excluding carboxylic acids is 1. The van der Waals surface area contributed by atoms with Crippen molar-refractivity contribution in [3.63, 3.8) is 0 Å². The van der Waals surface area contributed by atoms with Crippen molar-refractivity contribution in [2.45, 2.75) is 32.0 Å². The molecule has 1 aliphatic heterocycles. The van der Waals surface area contributed by atoms with Gasteiger partial charge in [0, 0.05) is 13.1 Å². The summed E-state index contributed by atoms with van der Waals surface area (Å²) < 4.78 is 41.0. The van der Waals surface area contributed by atoms with E-state index in [-0.39, 0.29) is 30.3 Å². The molecule has 0 spiro atoms. The van der Waals surface area contributed by atoms with E-state index in [0.29, 0.717) is 18.5 Å². The number of amides is 1. The Hall–Kier alpha value is -2.84. The second-order valence-electron chi connectivity index (χ2n) is 6.46. The smallest absolute Gasteiger partial charge is 0.417 e. The number of carboxylic acids is 1. The number of aromatic carboxylic acids is 1. The lowest BCUT2D eigenvalue weighted by atomic mass is 10.0. The first-order valence-electron chi connectivity index (χ1n) is 8.43. The average molecular weight is 381 g/mol. The summed E-state index contributed by atoms with van der Waals surface area (Å²) in [5.41, 5.74) is -0.652. The standard InChI is InChI=1S/C18H18F3N3O3/c1-11-14(17(26)27)10-22-24(11)12-6-8-23(9-7-12)16(25)13-4-2-3-5-15(13)18(19,20)21/h2-5,10,12H,6-9H2,1H3,(H,26,27). The van der Waals surface area contributed by atoms with Gasteiger partial charge in [-0.25, -0.2) is 4.79 Å². The number of nitrogens with zero attached hydrogens (tertiary/aromatic N) is 3. The number of likely N-dealkylation sites (tertiary alicyclic amines) is 1. The second kappa shape index (κ2) is 7.05. The molecular formula is C18H18F3N3O3. The first-order chi connectivity index (χ1) is 12.7. The van der Waals surface area contributed by atoms with Crippen LogP contribution in [0.1, 0.15) is 50.9 Å². The summed E-state index contributed by atoms with van der Waals surface area (Å²) in [5, 5.41) is 13.2. The summed E-state index contributed by atoms with van der Waals surface area (Å²) in [6.07, 6.45) is -2.33. The number of hydrogen-bond donors (Lipinski definition) is 1. The number of alkyl halides is 3. The molecule has 9 heteroatoms. The molecule has 1 aliphatic rings. The van der Waals surface area contributed by atoms with Gasteiger partial charge >= 0.3 is 12.1 Å². The molecule has 3 rings (SSSR count). The van der Waals surface area contributed by atoms with Gasteiger partial charge < -0.3 is 10.0 Å². The van der Waals surface area contributed by atoms with Gasteiger partial charge in [-0.05, 0) is 31.9 Å². The third-order valence-corrected chi connectivity index (χ3v) is 4.84. The minimum atomic E-state index is -4.59. The number of piperidine rings is 1. The van der Waals surface area contributed by atoms with Crippen LogP contribution in [0.2, 0.25) is 0 Å². The first-order valence-corrected chi connectivity index (χ1v) is 8.43. The van der Waals surface area contributed by atoms with Gasteiger partial charge in [0.05, 0.1) is 29.1 Å². The third-order valence-electron chi connectivity index (χ3n) is 4.84. The Morgan fingerprint density at radius 3 is 2.33 bits per heavy atom. The molecule has 1 saturated heterocycles. The molecule has 1 fully saturated rings. The van der Waals surface area contributed by atoms with Crippen molar-refractivity contribution in [1.29, 1.82) is 0 Å². The van der Waals surface area contributed by atoms with Crippen molar-refractivity contribution in [2.75, 3.05) is 13.1 Å². The predicted molar refractivity (Wildman–Crippen MR) is 89.5 cm³/mol. The van der Waals surface area contributed by atoms with E-state index in [1.54, 1.807) is 11.6 Å². The van der Waals surface area contributed by atoms with Crippen LogP contribution >= 0.6 is 0 Å². The zero-order chi connectivity index (χ0) is 19.8. The zero-order valence-corrected chi connectivity index (χ0v) is 14.5. The summed E-state index contributed by atoms with van der Waals surface area (Å²) in [4.78, 5) is 25.1. The zero-order valence-electron chi connectivity index (χ0n) is 14.5. The number of halogens is 3. The van der Waals surface area contributed by atoms with Crippen molar-refractivity contribution >= 4 is 11.9 Å². The summed E-state index contributed by atoms with van der Waals surface area (Å²) in [7, 11) is 0. The minimum Gasteiger partial charge on any atom is -0.478 e. The molecule has 1 aromatic carbocycles. The molecule has 2 heterocycles. The fourth-order valence-corrected chi connectivity index (χ4v) is 3.40. The van der Waals surface area contributed by atoms with E-state index in [9.17, 15) is 22.8 Å². The maximum Gasteiger partial charge on any atom is 0.417 e. The lowest BCUT2D eigenvalue weighted by Crippen LogP contribution is -2.40.